The van der Waals surface area contributed by atoms with Gasteiger partial charge in [-0.3, -0.25) is 0 Å². The van der Waals surface area contributed by atoms with Crippen LogP contribution in [-0.2, 0) is 0 Å². The number of aromatic nitrogens is 2. The van der Waals surface area contributed by atoms with Crippen molar-refractivity contribution in [2.24, 2.45) is 0 Å². The van der Waals surface area contributed by atoms with E-state index in [1.807, 2.05) is 32.9 Å². The van der Waals surface area contributed by atoms with Crippen LogP contribution in [0.25, 0.3) is 0 Å². The first-order chi connectivity index (χ1) is 8.50. The molecule has 2 aromatic rings. The fourth-order valence-corrected chi connectivity index (χ4v) is 1.80. The Kier molecular flexibility index (Phi) is 3.48. The monoisotopic (exact) mass is 265 g/mol. The molecule has 0 bridgehead atoms. The number of nitrogens with zero attached hydrogens (tertiary/aromatic N) is 2. The second-order valence-electron chi connectivity index (χ2n) is 4.38. The molecule has 2 N–H and O–H groups in total. The first-order valence-electron chi connectivity index (χ1n) is 5.77. The third-order valence-corrected chi connectivity index (χ3v) is 2.93. The Bertz CT molecular complexity index is 563. The Hall–Kier alpha value is -1.68. The van der Waals surface area contributed by atoms with E-state index in [1.54, 1.807) is 16.8 Å². The normalized spacial score (nSPS) is 10.9. The van der Waals surface area contributed by atoms with Gasteiger partial charge in [-0.1, -0.05) is 23.7 Å². The molecular formula is C13H16ClN3O. The number of para-hydroxylation sites is 1. The maximum Gasteiger partial charge on any atom is 0.241 e. The molecule has 96 valence electrons. The van der Waals surface area contributed by atoms with Crippen molar-refractivity contribution in [3.05, 3.63) is 35.0 Å². The molecule has 4 nitrogen and oxygen atoms in total. The summed E-state index contributed by atoms with van der Waals surface area (Å²) in [6, 6.07) is 7.45. The van der Waals surface area contributed by atoms with Gasteiger partial charge in [-0.2, -0.15) is 5.10 Å². The smallest absolute Gasteiger partial charge is 0.241 e. The summed E-state index contributed by atoms with van der Waals surface area (Å²) in [4.78, 5) is 0. The van der Waals surface area contributed by atoms with E-state index >= 15 is 0 Å². The number of hydrogen-bond acceptors (Lipinski definition) is 3. The fraction of sp³-hybridized carbons (Fsp3) is 0.308. The van der Waals surface area contributed by atoms with Crippen molar-refractivity contribution in [3.63, 3.8) is 0 Å². The molecule has 1 heterocycles. The lowest BCUT2D eigenvalue weighted by Gasteiger charge is -2.13. The zero-order chi connectivity index (χ0) is 13.3. The van der Waals surface area contributed by atoms with Gasteiger partial charge in [-0.15, -0.1) is 0 Å². The van der Waals surface area contributed by atoms with Crippen molar-refractivity contribution in [2.45, 2.75) is 26.8 Å². The number of hydrogen-bond donors (Lipinski definition) is 1. The first-order valence-corrected chi connectivity index (χ1v) is 6.15. The van der Waals surface area contributed by atoms with Crippen LogP contribution in [0.3, 0.4) is 0 Å². The highest BCUT2D eigenvalue weighted by molar-refractivity contribution is 6.32. The third kappa shape index (κ3) is 2.29. The highest BCUT2D eigenvalue weighted by atomic mass is 35.5. The van der Waals surface area contributed by atoms with Gasteiger partial charge in [0.2, 0.25) is 5.88 Å². The van der Waals surface area contributed by atoms with E-state index in [2.05, 4.69) is 5.10 Å². The molecule has 0 saturated carbocycles. The average molecular weight is 266 g/mol. The Labute approximate surface area is 111 Å². The van der Waals surface area contributed by atoms with Gasteiger partial charge in [-0.05, 0) is 32.9 Å². The van der Waals surface area contributed by atoms with Gasteiger partial charge < -0.3 is 10.5 Å². The number of anilines is 1. The topological polar surface area (TPSA) is 53.1 Å². The van der Waals surface area contributed by atoms with Crippen LogP contribution in [0.5, 0.6) is 11.6 Å². The van der Waals surface area contributed by atoms with E-state index in [-0.39, 0.29) is 6.04 Å². The lowest BCUT2D eigenvalue weighted by atomic mass is 10.3. The van der Waals surface area contributed by atoms with Crippen molar-refractivity contribution in [2.75, 3.05) is 5.73 Å². The molecule has 1 aromatic carbocycles. The minimum Gasteiger partial charge on any atom is -0.436 e. The summed E-state index contributed by atoms with van der Waals surface area (Å²) in [6.07, 6.45) is 0. The van der Waals surface area contributed by atoms with Gasteiger partial charge in [0.25, 0.3) is 0 Å². The zero-order valence-electron chi connectivity index (χ0n) is 10.6. The summed E-state index contributed by atoms with van der Waals surface area (Å²) in [5, 5.41) is 4.91. The number of rotatable bonds is 3. The van der Waals surface area contributed by atoms with Crippen LogP contribution >= 0.6 is 11.6 Å². The van der Waals surface area contributed by atoms with E-state index < -0.39 is 0 Å². The molecule has 0 unspecified atom stereocenters. The van der Waals surface area contributed by atoms with Gasteiger partial charge >= 0.3 is 0 Å². The van der Waals surface area contributed by atoms with Gasteiger partial charge in [-0.25, -0.2) is 4.68 Å². The number of ether oxygens (including phenoxy) is 1. The van der Waals surface area contributed by atoms with Crippen molar-refractivity contribution in [3.8, 4) is 11.6 Å². The lowest BCUT2D eigenvalue weighted by molar-refractivity contribution is 0.390. The summed E-state index contributed by atoms with van der Waals surface area (Å²) in [7, 11) is 0. The van der Waals surface area contributed by atoms with E-state index in [4.69, 9.17) is 22.1 Å². The quantitative estimate of drug-likeness (QED) is 0.918. The summed E-state index contributed by atoms with van der Waals surface area (Å²) >= 11 is 6.07. The van der Waals surface area contributed by atoms with E-state index in [0.29, 0.717) is 22.3 Å². The minimum absolute atomic E-state index is 0.165. The Balaban J connectivity index is 2.43. The van der Waals surface area contributed by atoms with E-state index in [0.717, 1.165) is 5.69 Å². The molecule has 0 fully saturated rings. The largest absolute Gasteiger partial charge is 0.436 e. The number of halogens is 1. The van der Waals surface area contributed by atoms with Gasteiger partial charge in [0.05, 0.1) is 16.8 Å². The first kappa shape index (κ1) is 12.8. The molecule has 2 rings (SSSR count). The molecular weight excluding hydrogens is 250 g/mol. The number of nitrogen functional groups attached to an aromatic ring is 1. The Morgan fingerprint density at radius 3 is 2.61 bits per heavy atom. The molecule has 0 aliphatic rings. The molecule has 0 radical (unpaired) electrons. The van der Waals surface area contributed by atoms with E-state index in [9.17, 15) is 0 Å². The van der Waals surface area contributed by atoms with Crippen LogP contribution in [0.15, 0.2) is 24.3 Å². The third-order valence-electron chi connectivity index (χ3n) is 2.62. The molecule has 0 atom stereocenters. The van der Waals surface area contributed by atoms with Gasteiger partial charge in [0.1, 0.15) is 11.4 Å². The highest BCUT2D eigenvalue weighted by Gasteiger charge is 2.17. The standard InChI is InChI=1S/C13H16ClN3O/c1-8(2)17-13(12(15)9(3)16-17)18-11-7-5-4-6-10(11)14/h4-8H,15H2,1-3H3. The van der Waals surface area contributed by atoms with E-state index in [1.165, 1.54) is 0 Å². The van der Waals surface area contributed by atoms with Crippen molar-refractivity contribution in [1.29, 1.82) is 0 Å². The SMILES string of the molecule is Cc1nn(C(C)C)c(Oc2ccccc2Cl)c1N. The van der Waals surface area contributed by atoms with Crippen LogP contribution in [0.2, 0.25) is 5.02 Å². The Morgan fingerprint density at radius 1 is 1.33 bits per heavy atom. The predicted molar refractivity (Wildman–Crippen MR) is 73.3 cm³/mol. The second-order valence-corrected chi connectivity index (χ2v) is 4.78. The molecule has 18 heavy (non-hydrogen) atoms. The number of nitrogens with two attached hydrogens (primary N) is 1. The molecule has 0 saturated heterocycles. The fourth-order valence-electron chi connectivity index (χ4n) is 1.62. The number of benzene rings is 1. The predicted octanol–water partition coefficient (Wildman–Crippen LogP) is 3.80. The molecule has 0 spiro atoms. The lowest BCUT2D eigenvalue weighted by Crippen LogP contribution is -2.05. The molecule has 1 aromatic heterocycles. The molecule has 5 heteroatoms. The van der Waals surface area contributed by atoms with Crippen LogP contribution in [0.4, 0.5) is 5.69 Å². The zero-order valence-corrected chi connectivity index (χ0v) is 11.4. The van der Waals surface area contributed by atoms with Crippen molar-refractivity contribution >= 4 is 17.3 Å². The summed E-state index contributed by atoms with van der Waals surface area (Å²) in [6.45, 7) is 5.89. The Morgan fingerprint density at radius 2 is 2.00 bits per heavy atom. The van der Waals surface area contributed by atoms with Crippen molar-refractivity contribution in [1.82, 2.24) is 9.78 Å². The molecule has 0 aliphatic heterocycles. The second kappa shape index (κ2) is 4.90. The average Bonchev–Trinajstić information content (AvgIpc) is 2.60. The maximum absolute atomic E-state index is 6.07. The summed E-state index contributed by atoms with van der Waals surface area (Å²) in [5.41, 5.74) is 7.29. The highest BCUT2D eigenvalue weighted by Crippen LogP contribution is 2.35. The molecule has 0 amide bonds. The number of aryl methyl sites for hydroxylation is 1. The van der Waals surface area contributed by atoms with Gasteiger partial charge in [0.15, 0.2) is 0 Å². The van der Waals surface area contributed by atoms with Crippen LogP contribution in [0, 0.1) is 6.92 Å². The van der Waals surface area contributed by atoms with Gasteiger partial charge in [0, 0.05) is 0 Å². The summed E-state index contributed by atoms with van der Waals surface area (Å²) in [5.74, 6) is 1.11. The van der Waals surface area contributed by atoms with Crippen LogP contribution < -0.4 is 10.5 Å². The molecule has 0 aliphatic carbocycles. The van der Waals surface area contributed by atoms with Crippen molar-refractivity contribution < 1.29 is 4.74 Å². The summed E-state index contributed by atoms with van der Waals surface area (Å²) < 4.78 is 7.55. The van der Waals surface area contributed by atoms with Crippen LogP contribution in [0.1, 0.15) is 25.6 Å². The van der Waals surface area contributed by atoms with Crippen LogP contribution in [-0.4, -0.2) is 9.78 Å². The minimum atomic E-state index is 0.165. The maximum atomic E-state index is 6.07.